The van der Waals surface area contributed by atoms with Crippen molar-refractivity contribution in [3.05, 3.63) is 0 Å². The van der Waals surface area contributed by atoms with E-state index in [1.807, 2.05) is 0 Å². The van der Waals surface area contributed by atoms with Gasteiger partial charge in [0, 0.05) is 0 Å². The molecule has 0 aliphatic carbocycles. The Kier molecular flexibility index (Phi) is 2.05. The molecule has 3 fully saturated rings. The zero-order valence-electron chi connectivity index (χ0n) is 9.12. The Morgan fingerprint density at radius 1 is 1.00 bits per heavy atom. The van der Waals surface area contributed by atoms with E-state index in [0.717, 1.165) is 0 Å². The summed E-state index contributed by atoms with van der Waals surface area (Å²) in [5.41, 5.74) is 0.442. The van der Waals surface area contributed by atoms with Crippen LogP contribution in [0.25, 0.3) is 0 Å². The predicted octanol–water partition coefficient (Wildman–Crippen LogP) is 0.394. The fourth-order valence-electron chi connectivity index (χ4n) is 2.93. The van der Waals surface area contributed by atoms with Crippen LogP contribution >= 0.6 is 7.21 Å². The van der Waals surface area contributed by atoms with Gasteiger partial charge in [-0.15, -0.1) is 0 Å². The van der Waals surface area contributed by atoms with Gasteiger partial charge in [0.1, 0.15) is 0 Å². The van der Waals surface area contributed by atoms with E-state index >= 15 is 0 Å². The molecular weight excluding hydrogens is 180 g/mol. The second-order valence-corrected chi connectivity index (χ2v) is 8.38. The molecule has 74 valence electrons. The van der Waals surface area contributed by atoms with Crippen molar-refractivity contribution in [2.45, 2.75) is 6.92 Å². The van der Waals surface area contributed by atoms with Crippen LogP contribution in [0, 0.1) is 5.41 Å². The van der Waals surface area contributed by atoms with Gasteiger partial charge in [0.25, 0.3) is 0 Å². The van der Waals surface area contributed by atoms with Crippen LogP contribution in [0.3, 0.4) is 0 Å². The summed E-state index contributed by atoms with van der Waals surface area (Å²) in [6, 6.07) is 0. The number of rotatable bonds is 0. The monoisotopic (exact) mass is 199 g/mol. The average molecular weight is 199 g/mol. The van der Waals surface area contributed by atoms with Crippen LogP contribution < -0.4 is 0 Å². The van der Waals surface area contributed by atoms with E-state index < -0.39 is 7.21 Å². The fraction of sp³-hybridized carbons (Fsp3) is 1.00. The van der Waals surface area contributed by atoms with Gasteiger partial charge >= 0.3 is 81.5 Å². The van der Waals surface area contributed by atoms with Crippen molar-refractivity contribution in [3.63, 3.8) is 0 Å². The summed E-state index contributed by atoms with van der Waals surface area (Å²) in [6.45, 7) is 6.00. The molecule has 0 aromatic carbocycles. The van der Waals surface area contributed by atoms with Crippen molar-refractivity contribution in [2.75, 3.05) is 40.8 Å². The van der Waals surface area contributed by atoms with Gasteiger partial charge in [-0.1, -0.05) is 0 Å². The molecule has 0 radical (unpaired) electrons. The van der Waals surface area contributed by atoms with E-state index in [2.05, 4.69) is 49.3 Å². The molecule has 5 heteroatoms. The molecule has 3 saturated heterocycles. The molecule has 3 aliphatic rings. The van der Waals surface area contributed by atoms with Gasteiger partial charge in [-0.05, 0) is 0 Å². The molecule has 0 N–H and O–H groups in total. The summed E-state index contributed by atoms with van der Waals surface area (Å²) in [5, 5.41) is 0. The van der Waals surface area contributed by atoms with Gasteiger partial charge in [-0.3, -0.25) is 0 Å². The Morgan fingerprint density at radius 2 is 1.31 bits per heavy atom. The molecule has 0 saturated carbocycles. The molecule has 0 spiro atoms. The average Bonchev–Trinajstić information content (AvgIpc) is 1.96. The van der Waals surface area contributed by atoms with Crippen LogP contribution in [0.2, 0.25) is 0 Å². The Balaban J connectivity index is 2.42. The zero-order chi connectivity index (χ0) is 9.85. The minimum atomic E-state index is -1.34. The van der Waals surface area contributed by atoms with Gasteiger partial charge in [-0.2, -0.15) is 0 Å². The Labute approximate surface area is 82.2 Å². The minimum absolute atomic E-state index is 0.442. The third kappa shape index (κ3) is 1.20. The maximum absolute atomic E-state index is 4.45. The van der Waals surface area contributed by atoms with Gasteiger partial charge in [0.05, 0.1) is 0 Å². The fourth-order valence-corrected chi connectivity index (χ4v) is 6.20. The summed E-state index contributed by atoms with van der Waals surface area (Å²) in [5.74, 6) is 0. The second kappa shape index (κ2) is 2.69. The first-order chi connectivity index (χ1) is 5.88. The van der Waals surface area contributed by atoms with Gasteiger partial charge in [0.2, 0.25) is 0 Å². The van der Waals surface area contributed by atoms with Crippen molar-refractivity contribution >= 4 is 14.4 Å². The Hall–Kier alpha value is 0.375. The summed E-state index contributed by atoms with van der Waals surface area (Å²) in [4.78, 5) is 0. The molecule has 0 unspecified atom stereocenters. The van der Waals surface area contributed by atoms with Crippen LogP contribution in [0.4, 0.5) is 0 Å². The van der Waals surface area contributed by atoms with Crippen molar-refractivity contribution in [3.8, 4) is 0 Å². The van der Waals surface area contributed by atoms with Crippen molar-refractivity contribution < 1.29 is 0 Å². The molecule has 3 rings (SSSR count). The van der Waals surface area contributed by atoms with Crippen LogP contribution in [0.5, 0.6) is 0 Å². The SMILES string of the molecule is B=P12N(C)CC(C)(CN1C)CN2C. The van der Waals surface area contributed by atoms with Crippen molar-refractivity contribution in [2.24, 2.45) is 5.41 Å². The normalized spacial score (nSPS) is 48.5. The summed E-state index contributed by atoms with van der Waals surface area (Å²) >= 11 is 0. The van der Waals surface area contributed by atoms with Gasteiger partial charge in [0.15, 0.2) is 0 Å². The van der Waals surface area contributed by atoms with E-state index in [9.17, 15) is 0 Å². The topological polar surface area (TPSA) is 9.72 Å². The Morgan fingerprint density at radius 3 is 1.62 bits per heavy atom. The van der Waals surface area contributed by atoms with Crippen molar-refractivity contribution in [1.29, 1.82) is 0 Å². The standard InChI is InChI=1S/C8H19BN3P/c1-8-5-10(2)13(9,11(3)6-8)12(4)7-8/h9H,5-7H2,1-4H3. The third-order valence-corrected chi connectivity index (χ3v) is 7.18. The summed E-state index contributed by atoms with van der Waals surface area (Å²) in [6.07, 6.45) is 0. The number of hydrogen-bond acceptors (Lipinski definition) is 3. The van der Waals surface area contributed by atoms with Crippen LogP contribution in [-0.2, 0) is 0 Å². The molecule has 0 aromatic heterocycles. The maximum atomic E-state index is 4.45. The molecular formula is C8H19BN3P. The van der Waals surface area contributed by atoms with Crippen molar-refractivity contribution in [1.82, 2.24) is 14.0 Å². The molecule has 13 heavy (non-hydrogen) atoms. The first-order valence-corrected chi connectivity index (χ1v) is 6.60. The Bertz CT molecular complexity index is 240. The number of nitrogens with zero attached hydrogens (tertiary/aromatic N) is 3. The van der Waals surface area contributed by atoms with Gasteiger partial charge < -0.3 is 0 Å². The van der Waals surface area contributed by atoms with Crippen LogP contribution in [-0.4, -0.2) is 62.0 Å². The van der Waals surface area contributed by atoms with E-state index in [1.54, 1.807) is 0 Å². The number of hydrogen-bond donors (Lipinski definition) is 0. The van der Waals surface area contributed by atoms with E-state index in [1.165, 1.54) is 19.6 Å². The first kappa shape index (κ1) is 9.91. The van der Waals surface area contributed by atoms with Crippen LogP contribution in [0.1, 0.15) is 6.92 Å². The second-order valence-electron chi connectivity index (χ2n) is 4.95. The molecule has 2 bridgehead atoms. The molecule has 3 nitrogen and oxygen atoms in total. The van der Waals surface area contributed by atoms with E-state index in [-0.39, 0.29) is 0 Å². The first-order valence-electron chi connectivity index (χ1n) is 4.77. The predicted molar refractivity (Wildman–Crippen MR) is 60.1 cm³/mol. The molecule has 3 aliphatic heterocycles. The van der Waals surface area contributed by atoms with E-state index in [0.29, 0.717) is 5.41 Å². The molecule has 0 atom stereocenters. The van der Waals surface area contributed by atoms with E-state index in [4.69, 9.17) is 0 Å². The zero-order valence-corrected chi connectivity index (χ0v) is 10.0. The quantitative estimate of drug-likeness (QED) is 0.412. The molecule has 0 amide bonds. The number of fused-ring (bicyclic) bond motifs is 3. The summed E-state index contributed by atoms with van der Waals surface area (Å²) < 4.78 is 7.38. The molecule has 3 heterocycles. The molecule has 0 aromatic rings. The van der Waals surface area contributed by atoms with Gasteiger partial charge in [-0.25, -0.2) is 0 Å². The van der Waals surface area contributed by atoms with Crippen LogP contribution in [0.15, 0.2) is 0 Å². The summed E-state index contributed by atoms with van der Waals surface area (Å²) in [7, 11) is 9.74. The third-order valence-electron chi connectivity index (χ3n) is 3.47.